The molecule has 0 aliphatic rings. The van der Waals surface area contributed by atoms with Crippen molar-refractivity contribution < 1.29 is 14.3 Å². The molecule has 0 amide bonds. The van der Waals surface area contributed by atoms with Crippen LogP contribution in [0, 0.1) is 0 Å². The molecule has 0 bridgehead atoms. The minimum absolute atomic E-state index is 0.0157. The van der Waals surface area contributed by atoms with Crippen LogP contribution in [0.2, 0.25) is 0 Å². The van der Waals surface area contributed by atoms with E-state index in [2.05, 4.69) is 6.58 Å². The first-order valence-electron chi connectivity index (χ1n) is 2.79. The molecule has 0 aliphatic carbocycles. The van der Waals surface area contributed by atoms with Gasteiger partial charge in [0.25, 0.3) is 0 Å². The number of carboxylic acid groups (broad SMARTS) is 1. The normalized spacial score (nSPS) is 12.2. The van der Waals surface area contributed by atoms with Crippen LogP contribution >= 0.6 is 0 Å². The fraction of sp³-hybridized carbons (Fsp3) is 0.286. The fourth-order valence-electron chi connectivity index (χ4n) is 0.396. The summed E-state index contributed by atoms with van der Waals surface area (Å²) in [6.45, 7) is 4.50. The second-order valence-corrected chi connectivity index (χ2v) is 1.83. The van der Waals surface area contributed by atoms with Crippen LogP contribution in [0.25, 0.3) is 0 Å². The maximum absolute atomic E-state index is 12.5. The fourth-order valence-corrected chi connectivity index (χ4v) is 0.396. The molecule has 0 atom stereocenters. The predicted molar refractivity (Wildman–Crippen MR) is 36.3 cm³/mol. The largest absolute Gasteiger partial charge is 0.478 e. The Balaban J connectivity index is 4.33. The summed E-state index contributed by atoms with van der Waals surface area (Å²) in [5.41, 5.74) is -0.250. The minimum atomic E-state index is -1.22. The van der Waals surface area contributed by atoms with Crippen molar-refractivity contribution in [3.05, 3.63) is 24.1 Å². The molecule has 10 heavy (non-hydrogen) atoms. The van der Waals surface area contributed by atoms with E-state index in [0.29, 0.717) is 0 Å². The number of hydrogen-bond acceptors (Lipinski definition) is 1. The van der Waals surface area contributed by atoms with Gasteiger partial charge in [-0.15, -0.1) is 6.58 Å². The van der Waals surface area contributed by atoms with Crippen LogP contribution in [0.4, 0.5) is 4.39 Å². The van der Waals surface area contributed by atoms with E-state index < -0.39 is 11.8 Å². The van der Waals surface area contributed by atoms with E-state index in [-0.39, 0.29) is 12.0 Å². The third-order valence-corrected chi connectivity index (χ3v) is 1.05. The van der Waals surface area contributed by atoms with Gasteiger partial charge in [0.15, 0.2) is 0 Å². The van der Waals surface area contributed by atoms with E-state index in [9.17, 15) is 9.18 Å². The van der Waals surface area contributed by atoms with Crippen LogP contribution in [0.1, 0.15) is 13.3 Å². The molecular formula is C7H9FO2. The van der Waals surface area contributed by atoms with Crippen LogP contribution < -0.4 is 0 Å². The van der Waals surface area contributed by atoms with Gasteiger partial charge in [-0.1, -0.05) is 6.08 Å². The number of hydrogen-bond donors (Lipinski definition) is 1. The lowest BCUT2D eigenvalue weighted by Gasteiger charge is -1.94. The SMILES string of the molecule is C=CCC(F)=C(C)C(=O)O. The summed E-state index contributed by atoms with van der Waals surface area (Å²) in [5, 5.41) is 8.25. The molecule has 0 unspecified atom stereocenters. The van der Waals surface area contributed by atoms with Gasteiger partial charge >= 0.3 is 5.97 Å². The average Bonchev–Trinajstić information content (AvgIpc) is 1.87. The lowest BCUT2D eigenvalue weighted by molar-refractivity contribution is -0.132. The molecule has 0 heterocycles. The van der Waals surface area contributed by atoms with Gasteiger partial charge in [0, 0.05) is 6.42 Å². The van der Waals surface area contributed by atoms with Crippen molar-refractivity contribution in [3.63, 3.8) is 0 Å². The molecule has 1 N–H and O–H groups in total. The van der Waals surface area contributed by atoms with Crippen molar-refractivity contribution in [3.8, 4) is 0 Å². The molecule has 0 saturated heterocycles. The van der Waals surface area contributed by atoms with Crippen molar-refractivity contribution in [2.45, 2.75) is 13.3 Å². The number of aliphatic carboxylic acids is 1. The topological polar surface area (TPSA) is 37.3 Å². The molecule has 3 heteroatoms. The van der Waals surface area contributed by atoms with Crippen LogP contribution in [0.15, 0.2) is 24.1 Å². The second-order valence-electron chi connectivity index (χ2n) is 1.83. The monoisotopic (exact) mass is 144 g/mol. The zero-order valence-electron chi connectivity index (χ0n) is 5.72. The molecule has 0 aromatic carbocycles. The standard InChI is InChI=1S/C7H9FO2/c1-3-4-6(8)5(2)7(9)10/h3H,1,4H2,2H3,(H,9,10). The van der Waals surface area contributed by atoms with Crippen LogP contribution in [0.3, 0.4) is 0 Å². The van der Waals surface area contributed by atoms with E-state index in [1.807, 2.05) is 0 Å². The molecule has 0 fully saturated rings. The number of halogens is 1. The number of allylic oxidation sites excluding steroid dienone is 2. The molecule has 56 valence electrons. The Morgan fingerprint density at radius 3 is 2.60 bits per heavy atom. The van der Waals surface area contributed by atoms with E-state index in [1.165, 1.54) is 13.0 Å². The molecule has 0 radical (unpaired) electrons. The number of carbonyl (C=O) groups is 1. The molecule has 0 saturated carbocycles. The molecule has 0 aromatic rings. The molecular weight excluding hydrogens is 135 g/mol. The van der Waals surface area contributed by atoms with Gasteiger partial charge in [0.05, 0.1) is 5.57 Å². The van der Waals surface area contributed by atoms with Gasteiger partial charge in [-0.25, -0.2) is 9.18 Å². The molecule has 0 aromatic heterocycles. The number of rotatable bonds is 3. The first kappa shape index (κ1) is 8.88. The highest BCUT2D eigenvalue weighted by molar-refractivity contribution is 5.86. The Labute approximate surface area is 58.7 Å². The highest BCUT2D eigenvalue weighted by Gasteiger charge is 2.06. The molecule has 2 nitrogen and oxygen atoms in total. The van der Waals surface area contributed by atoms with E-state index in [1.54, 1.807) is 0 Å². The van der Waals surface area contributed by atoms with Gasteiger partial charge in [0.2, 0.25) is 0 Å². The average molecular weight is 144 g/mol. The second kappa shape index (κ2) is 3.82. The Morgan fingerprint density at radius 2 is 2.30 bits per heavy atom. The lowest BCUT2D eigenvalue weighted by atomic mass is 10.2. The summed E-state index contributed by atoms with van der Waals surface area (Å²) in [4.78, 5) is 10.1. The quantitative estimate of drug-likeness (QED) is 0.485. The summed E-state index contributed by atoms with van der Waals surface area (Å²) >= 11 is 0. The maximum Gasteiger partial charge on any atom is 0.333 e. The molecule has 0 rings (SSSR count). The minimum Gasteiger partial charge on any atom is -0.478 e. The molecule has 0 aliphatic heterocycles. The lowest BCUT2D eigenvalue weighted by Crippen LogP contribution is -1.98. The van der Waals surface area contributed by atoms with E-state index >= 15 is 0 Å². The Hall–Kier alpha value is -1.12. The van der Waals surface area contributed by atoms with Gasteiger partial charge in [-0.2, -0.15) is 0 Å². The van der Waals surface area contributed by atoms with Gasteiger partial charge in [0.1, 0.15) is 5.83 Å². The highest BCUT2D eigenvalue weighted by Crippen LogP contribution is 2.09. The predicted octanol–water partition coefficient (Wildman–Crippen LogP) is 1.89. The first-order chi connectivity index (χ1) is 4.59. The highest BCUT2D eigenvalue weighted by atomic mass is 19.1. The Bertz CT molecular complexity index is 182. The van der Waals surface area contributed by atoms with E-state index in [4.69, 9.17) is 5.11 Å². The van der Waals surface area contributed by atoms with E-state index in [0.717, 1.165) is 0 Å². The Morgan fingerprint density at radius 1 is 1.80 bits per heavy atom. The summed E-state index contributed by atoms with van der Waals surface area (Å²) < 4.78 is 12.5. The van der Waals surface area contributed by atoms with Crippen LogP contribution in [0.5, 0.6) is 0 Å². The van der Waals surface area contributed by atoms with Crippen molar-refractivity contribution in [2.24, 2.45) is 0 Å². The maximum atomic E-state index is 12.5. The third kappa shape index (κ3) is 2.44. The first-order valence-corrected chi connectivity index (χ1v) is 2.79. The van der Waals surface area contributed by atoms with Crippen molar-refractivity contribution in [1.29, 1.82) is 0 Å². The smallest absolute Gasteiger partial charge is 0.333 e. The Kier molecular flexibility index (Phi) is 3.39. The summed E-state index contributed by atoms with van der Waals surface area (Å²) in [6, 6.07) is 0. The number of carboxylic acids is 1. The zero-order chi connectivity index (χ0) is 8.15. The zero-order valence-corrected chi connectivity index (χ0v) is 5.72. The van der Waals surface area contributed by atoms with Gasteiger partial charge in [-0.3, -0.25) is 0 Å². The van der Waals surface area contributed by atoms with Crippen molar-refractivity contribution >= 4 is 5.97 Å². The van der Waals surface area contributed by atoms with Crippen molar-refractivity contribution in [2.75, 3.05) is 0 Å². The third-order valence-electron chi connectivity index (χ3n) is 1.05. The molecule has 0 spiro atoms. The van der Waals surface area contributed by atoms with Gasteiger partial charge in [-0.05, 0) is 6.92 Å². The van der Waals surface area contributed by atoms with Crippen LogP contribution in [-0.2, 0) is 4.79 Å². The van der Waals surface area contributed by atoms with Gasteiger partial charge < -0.3 is 5.11 Å². The van der Waals surface area contributed by atoms with Crippen LogP contribution in [-0.4, -0.2) is 11.1 Å². The van der Waals surface area contributed by atoms with Crippen molar-refractivity contribution in [1.82, 2.24) is 0 Å². The summed E-state index contributed by atoms with van der Waals surface area (Å²) in [7, 11) is 0. The summed E-state index contributed by atoms with van der Waals surface area (Å²) in [6.07, 6.45) is 1.31. The summed E-state index contributed by atoms with van der Waals surface area (Å²) in [5.74, 6) is -1.86.